The minimum Gasteiger partial charge on any atom is -0.395 e. The molecule has 0 fully saturated rings. The summed E-state index contributed by atoms with van der Waals surface area (Å²) in [6, 6.07) is 13.3. The molecule has 0 spiro atoms. The molecule has 2 rings (SSSR count). The van der Waals surface area contributed by atoms with E-state index in [0.717, 1.165) is 5.56 Å². The number of rotatable bonds is 6. The molecule has 0 radical (unpaired) electrons. The van der Waals surface area contributed by atoms with Crippen LogP contribution in [0.15, 0.2) is 57.9 Å². The fraction of sp³-hybridized carbons (Fsp3) is 0.188. The number of carbonyl (C=O) groups is 1. The Morgan fingerprint density at radius 2 is 1.83 bits per heavy atom. The number of aliphatic hydroxyl groups is 1. The fourth-order valence-electron chi connectivity index (χ4n) is 2.19. The summed E-state index contributed by atoms with van der Waals surface area (Å²) in [6.07, 6.45) is 0. The third-order valence-electron chi connectivity index (χ3n) is 3.37. The number of carbonyl (C=O) groups excluding carboxylic acids is 1. The van der Waals surface area contributed by atoms with Crippen molar-refractivity contribution in [3.05, 3.63) is 64.1 Å². The van der Waals surface area contributed by atoms with Crippen LogP contribution in [0.25, 0.3) is 0 Å². The molecule has 0 aliphatic carbocycles. The normalized spacial score (nSPS) is 11.3. The van der Waals surface area contributed by atoms with Crippen LogP contribution in [0.1, 0.15) is 15.9 Å². The summed E-state index contributed by atoms with van der Waals surface area (Å²) in [4.78, 5) is 14.1. The summed E-state index contributed by atoms with van der Waals surface area (Å²) in [5, 5.41) is 14.4. The van der Waals surface area contributed by atoms with E-state index in [4.69, 9.17) is 5.14 Å². The Labute approximate surface area is 149 Å². The molecule has 0 atom stereocenters. The third kappa shape index (κ3) is 4.64. The first-order chi connectivity index (χ1) is 11.3. The average molecular weight is 413 g/mol. The lowest BCUT2D eigenvalue weighted by Gasteiger charge is -2.23. The fourth-order valence-corrected chi connectivity index (χ4v) is 3.15. The summed E-state index contributed by atoms with van der Waals surface area (Å²) in [6.45, 7) is 0.219. The number of primary sulfonamides is 1. The summed E-state index contributed by atoms with van der Waals surface area (Å²) in [5.74, 6) is -0.398. The Morgan fingerprint density at radius 1 is 1.17 bits per heavy atom. The molecule has 0 bridgehead atoms. The molecule has 0 unspecified atom stereocenters. The van der Waals surface area contributed by atoms with Crippen LogP contribution in [0.4, 0.5) is 0 Å². The van der Waals surface area contributed by atoms with E-state index in [1.165, 1.54) is 23.1 Å². The predicted molar refractivity (Wildman–Crippen MR) is 93.8 cm³/mol. The molecule has 0 saturated heterocycles. The van der Waals surface area contributed by atoms with Crippen LogP contribution in [0, 0.1) is 0 Å². The molecule has 2 aromatic rings. The van der Waals surface area contributed by atoms with E-state index in [-0.39, 0.29) is 23.6 Å². The number of aliphatic hydroxyl groups excluding tert-OH is 1. The molecule has 0 aliphatic rings. The van der Waals surface area contributed by atoms with Crippen LogP contribution in [-0.4, -0.2) is 37.5 Å². The van der Waals surface area contributed by atoms with Crippen molar-refractivity contribution in [2.24, 2.45) is 5.14 Å². The molecule has 6 nitrogen and oxygen atoms in total. The van der Waals surface area contributed by atoms with Gasteiger partial charge >= 0.3 is 0 Å². The van der Waals surface area contributed by atoms with Gasteiger partial charge in [0, 0.05) is 17.6 Å². The van der Waals surface area contributed by atoms with Gasteiger partial charge in [0.1, 0.15) is 0 Å². The van der Waals surface area contributed by atoms with Crippen LogP contribution in [0.3, 0.4) is 0 Å². The number of sulfonamides is 1. The standard InChI is InChI=1S/C16H17BrN2O4S/c17-15-7-6-13(24(18,22)23)10-14(15)16(21)19(8-9-20)11-12-4-2-1-3-5-12/h1-7,10,20H,8-9,11H2,(H2,18,22,23). The number of halogens is 1. The minimum absolute atomic E-state index is 0.125. The Kier molecular flexibility index (Phi) is 6.11. The van der Waals surface area contributed by atoms with Crippen LogP contribution in [0.5, 0.6) is 0 Å². The van der Waals surface area contributed by atoms with Gasteiger partial charge in [0.15, 0.2) is 0 Å². The number of nitrogens with two attached hydrogens (primary N) is 1. The summed E-state index contributed by atoms with van der Waals surface area (Å²) in [5.41, 5.74) is 1.07. The van der Waals surface area contributed by atoms with Crippen molar-refractivity contribution in [2.75, 3.05) is 13.2 Å². The number of amides is 1. The molecule has 1 amide bonds. The van der Waals surface area contributed by atoms with Crippen molar-refractivity contribution in [2.45, 2.75) is 11.4 Å². The molecule has 128 valence electrons. The van der Waals surface area contributed by atoms with Crippen LogP contribution in [-0.2, 0) is 16.6 Å². The highest BCUT2D eigenvalue weighted by Gasteiger charge is 2.20. The van der Waals surface area contributed by atoms with Gasteiger partial charge in [-0.2, -0.15) is 0 Å². The van der Waals surface area contributed by atoms with Crippen molar-refractivity contribution in [3.63, 3.8) is 0 Å². The first-order valence-electron chi connectivity index (χ1n) is 7.09. The Balaban J connectivity index is 2.36. The van der Waals surface area contributed by atoms with E-state index < -0.39 is 15.9 Å². The summed E-state index contributed by atoms with van der Waals surface area (Å²) in [7, 11) is -3.91. The first-order valence-corrected chi connectivity index (χ1v) is 9.43. The first kappa shape index (κ1) is 18.6. The monoisotopic (exact) mass is 412 g/mol. The Morgan fingerprint density at radius 3 is 2.42 bits per heavy atom. The number of nitrogens with zero attached hydrogens (tertiary/aromatic N) is 1. The molecule has 0 saturated carbocycles. The van der Waals surface area contributed by atoms with E-state index in [2.05, 4.69) is 15.9 Å². The number of hydrogen-bond acceptors (Lipinski definition) is 4. The van der Waals surface area contributed by atoms with Crippen molar-refractivity contribution >= 4 is 31.9 Å². The molecule has 3 N–H and O–H groups in total. The van der Waals surface area contributed by atoms with Gasteiger partial charge in [-0.25, -0.2) is 13.6 Å². The second-order valence-corrected chi connectivity index (χ2v) is 7.54. The van der Waals surface area contributed by atoms with Gasteiger partial charge in [-0.1, -0.05) is 30.3 Å². The highest BCUT2D eigenvalue weighted by atomic mass is 79.9. The third-order valence-corrected chi connectivity index (χ3v) is 4.97. The molecule has 2 aromatic carbocycles. The zero-order chi connectivity index (χ0) is 17.7. The van der Waals surface area contributed by atoms with Crippen molar-refractivity contribution in [1.82, 2.24) is 4.90 Å². The lowest BCUT2D eigenvalue weighted by atomic mass is 10.1. The van der Waals surface area contributed by atoms with E-state index in [9.17, 15) is 18.3 Å². The Bertz CT molecular complexity index is 825. The molecular formula is C16H17BrN2O4S. The van der Waals surface area contributed by atoms with Crippen molar-refractivity contribution < 1.29 is 18.3 Å². The van der Waals surface area contributed by atoms with Gasteiger partial charge in [0.25, 0.3) is 5.91 Å². The summed E-state index contributed by atoms with van der Waals surface area (Å²) < 4.78 is 23.5. The van der Waals surface area contributed by atoms with Crippen LogP contribution >= 0.6 is 15.9 Å². The quantitative estimate of drug-likeness (QED) is 0.753. The zero-order valence-corrected chi connectivity index (χ0v) is 15.1. The summed E-state index contributed by atoms with van der Waals surface area (Å²) >= 11 is 3.26. The van der Waals surface area contributed by atoms with Gasteiger partial charge in [-0.05, 0) is 39.7 Å². The van der Waals surface area contributed by atoms with Crippen molar-refractivity contribution in [3.8, 4) is 0 Å². The Hall–Kier alpha value is -1.74. The molecule has 0 heterocycles. The highest BCUT2D eigenvalue weighted by Crippen LogP contribution is 2.22. The van der Waals surface area contributed by atoms with Gasteiger partial charge in [0.2, 0.25) is 10.0 Å². The molecular weight excluding hydrogens is 396 g/mol. The smallest absolute Gasteiger partial charge is 0.255 e. The van der Waals surface area contributed by atoms with E-state index in [1.54, 1.807) is 0 Å². The molecule has 8 heteroatoms. The predicted octanol–water partition coefficient (Wildman–Crippen LogP) is 1.73. The van der Waals surface area contributed by atoms with E-state index >= 15 is 0 Å². The lowest BCUT2D eigenvalue weighted by molar-refractivity contribution is 0.0706. The van der Waals surface area contributed by atoms with Gasteiger partial charge in [-0.3, -0.25) is 4.79 Å². The minimum atomic E-state index is -3.91. The largest absolute Gasteiger partial charge is 0.395 e. The number of hydrogen-bond donors (Lipinski definition) is 2. The van der Waals surface area contributed by atoms with Gasteiger partial charge in [0.05, 0.1) is 17.1 Å². The van der Waals surface area contributed by atoms with Crippen LogP contribution in [0.2, 0.25) is 0 Å². The molecule has 0 aromatic heterocycles. The topological polar surface area (TPSA) is 101 Å². The van der Waals surface area contributed by atoms with E-state index in [0.29, 0.717) is 11.0 Å². The second kappa shape index (κ2) is 7.89. The average Bonchev–Trinajstić information content (AvgIpc) is 2.54. The molecule has 24 heavy (non-hydrogen) atoms. The maximum atomic E-state index is 12.8. The van der Waals surface area contributed by atoms with E-state index in [1.807, 2.05) is 30.3 Å². The number of benzene rings is 2. The van der Waals surface area contributed by atoms with Crippen LogP contribution < -0.4 is 5.14 Å². The second-order valence-electron chi connectivity index (χ2n) is 5.12. The van der Waals surface area contributed by atoms with Gasteiger partial charge in [-0.15, -0.1) is 0 Å². The maximum Gasteiger partial charge on any atom is 0.255 e. The molecule has 0 aliphatic heterocycles. The van der Waals surface area contributed by atoms with Gasteiger partial charge < -0.3 is 10.0 Å². The maximum absolute atomic E-state index is 12.8. The lowest BCUT2D eigenvalue weighted by Crippen LogP contribution is -2.33. The SMILES string of the molecule is NS(=O)(=O)c1ccc(Br)c(C(=O)N(CCO)Cc2ccccc2)c1. The zero-order valence-electron chi connectivity index (χ0n) is 12.7. The highest BCUT2D eigenvalue weighted by molar-refractivity contribution is 9.10. The van der Waals surface area contributed by atoms with Crippen molar-refractivity contribution in [1.29, 1.82) is 0 Å².